The Bertz CT molecular complexity index is 340. The quantitative estimate of drug-likeness (QED) is 0.764. The largest absolute Gasteiger partial charge is 0.495 e. The second-order valence-electron chi connectivity index (χ2n) is 3.35. The van der Waals surface area contributed by atoms with Crippen LogP contribution in [0, 0.1) is 0 Å². The Kier molecular flexibility index (Phi) is 4.98. The van der Waals surface area contributed by atoms with Crippen molar-refractivity contribution in [2.24, 2.45) is 5.73 Å². The highest BCUT2D eigenvalue weighted by molar-refractivity contribution is 7.80. The molecule has 2 N–H and O–H groups in total. The molecule has 0 unspecified atom stereocenters. The topological polar surface area (TPSA) is 51.4 Å². The van der Waals surface area contributed by atoms with Gasteiger partial charge in [-0.05, 0) is 19.1 Å². The minimum Gasteiger partial charge on any atom is -0.495 e. The van der Waals surface area contributed by atoms with Crippen LogP contribution in [-0.2, 0) is 0 Å². The number of nitrogens with zero attached hydrogens (tertiary/aromatic N) is 2. The lowest BCUT2D eigenvalue weighted by Gasteiger charge is -2.21. The summed E-state index contributed by atoms with van der Waals surface area (Å²) >= 11 is 4.86. The second-order valence-corrected chi connectivity index (χ2v) is 3.88. The van der Waals surface area contributed by atoms with E-state index in [4.69, 9.17) is 22.7 Å². The predicted octanol–water partition coefficient (Wildman–Crippen LogP) is 1.59. The average molecular weight is 239 g/mol. The van der Waals surface area contributed by atoms with Crippen molar-refractivity contribution >= 4 is 23.0 Å². The SMILES string of the molecule is CCN(CCC(N)=S)c1ccc(OC)cn1. The van der Waals surface area contributed by atoms with Crippen LogP contribution in [0.5, 0.6) is 5.75 Å². The van der Waals surface area contributed by atoms with Crippen LogP contribution < -0.4 is 15.4 Å². The van der Waals surface area contributed by atoms with Crippen molar-refractivity contribution in [1.82, 2.24) is 4.98 Å². The summed E-state index contributed by atoms with van der Waals surface area (Å²) in [7, 11) is 1.63. The van der Waals surface area contributed by atoms with Crippen LogP contribution in [0.25, 0.3) is 0 Å². The highest BCUT2D eigenvalue weighted by Crippen LogP contribution is 2.15. The van der Waals surface area contributed by atoms with E-state index >= 15 is 0 Å². The van der Waals surface area contributed by atoms with E-state index in [0.29, 0.717) is 11.4 Å². The van der Waals surface area contributed by atoms with E-state index in [1.807, 2.05) is 12.1 Å². The average Bonchev–Trinajstić information content (AvgIpc) is 2.30. The number of aromatic nitrogens is 1. The van der Waals surface area contributed by atoms with Crippen molar-refractivity contribution in [1.29, 1.82) is 0 Å². The van der Waals surface area contributed by atoms with E-state index in [0.717, 1.165) is 24.7 Å². The number of thiocarbonyl (C=S) groups is 1. The molecule has 0 spiro atoms. The van der Waals surface area contributed by atoms with Crippen molar-refractivity contribution < 1.29 is 4.74 Å². The molecular weight excluding hydrogens is 222 g/mol. The molecule has 0 aliphatic heterocycles. The Labute approximate surface area is 101 Å². The van der Waals surface area contributed by atoms with Crippen LogP contribution in [0.4, 0.5) is 5.82 Å². The number of nitrogens with two attached hydrogens (primary N) is 1. The normalized spacial score (nSPS) is 9.88. The van der Waals surface area contributed by atoms with Gasteiger partial charge in [0.25, 0.3) is 0 Å². The molecule has 88 valence electrons. The van der Waals surface area contributed by atoms with Crippen LogP contribution in [0.2, 0.25) is 0 Å². The molecule has 0 fully saturated rings. The lowest BCUT2D eigenvalue weighted by atomic mass is 10.3. The Morgan fingerprint density at radius 2 is 2.31 bits per heavy atom. The molecule has 0 saturated heterocycles. The molecule has 0 aliphatic rings. The van der Waals surface area contributed by atoms with Gasteiger partial charge in [0, 0.05) is 19.5 Å². The highest BCUT2D eigenvalue weighted by atomic mass is 32.1. The maximum absolute atomic E-state index is 5.48. The first-order valence-electron chi connectivity index (χ1n) is 5.20. The Balaban J connectivity index is 2.66. The first-order chi connectivity index (χ1) is 7.67. The van der Waals surface area contributed by atoms with E-state index in [2.05, 4.69) is 16.8 Å². The van der Waals surface area contributed by atoms with Gasteiger partial charge in [0.05, 0.1) is 18.3 Å². The van der Waals surface area contributed by atoms with Gasteiger partial charge < -0.3 is 15.4 Å². The fraction of sp³-hybridized carbons (Fsp3) is 0.455. The molecule has 16 heavy (non-hydrogen) atoms. The second kappa shape index (κ2) is 6.27. The van der Waals surface area contributed by atoms with Gasteiger partial charge >= 0.3 is 0 Å². The summed E-state index contributed by atoms with van der Waals surface area (Å²) in [5.41, 5.74) is 5.48. The summed E-state index contributed by atoms with van der Waals surface area (Å²) in [5.74, 6) is 1.67. The molecule has 5 heteroatoms. The Hall–Kier alpha value is -1.36. The lowest BCUT2D eigenvalue weighted by molar-refractivity contribution is 0.413. The summed E-state index contributed by atoms with van der Waals surface area (Å²) in [5, 5.41) is 0. The molecule has 0 saturated carbocycles. The highest BCUT2D eigenvalue weighted by Gasteiger charge is 2.05. The number of pyridine rings is 1. The fourth-order valence-corrected chi connectivity index (χ4v) is 1.45. The van der Waals surface area contributed by atoms with Gasteiger partial charge in [0.15, 0.2) is 0 Å². The van der Waals surface area contributed by atoms with Crippen molar-refractivity contribution in [2.45, 2.75) is 13.3 Å². The molecule has 1 heterocycles. The zero-order valence-electron chi connectivity index (χ0n) is 9.64. The van der Waals surface area contributed by atoms with Crippen molar-refractivity contribution in [2.75, 3.05) is 25.1 Å². The molecule has 1 aromatic heterocycles. The molecule has 4 nitrogen and oxygen atoms in total. The van der Waals surface area contributed by atoms with E-state index < -0.39 is 0 Å². The molecule has 0 radical (unpaired) electrons. The van der Waals surface area contributed by atoms with Crippen molar-refractivity contribution in [3.63, 3.8) is 0 Å². The van der Waals surface area contributed by atoms with Gasteiger partial charge in [-0.25, -0.2) is 4.98 Å². The lowest BCUT2D eigenvalue weighted by Crippen LogP contribution is -2.27. The molecule has 1 rings (SSSR count). The number of rotatable bonds is 6. The summed E-state index contributed by atoms with van der Waals surface area (Å²) in [6.07, 6.45) is 2.41. The maximum Gasteiger partial charge on any atom is 0.137 e. The fourth-order valence-electron chi connectivity index (χ4n) is 1.36. The standard InChI is InChI=1S/C11H17N3OS/c1-3-14(7-6-10(12)16)11-5-4-9(15-2)8-13-11/h4-5,8H,3,6-7H2,1-2H3,(H2,12,16). The summed E-state index contributed by atoms with van der Waals surface area (Å²) in [4.78, 5) is 6.97. The zero-order chi connectivity index (χ0) is 12.0. The minimum absolute atomic E-state index is 0.534. The Morgan fingerprint density at radius 1 is 1.56 bits per heavy atom. The number of hydrogen-bond donors (Lipinski definition) is 1. The van der Waals surface area contributed by atoms with Crippen LogP contribution in [0.3, 0.4) is 0 Å². The first kappa shape index (κ1) is 12.7. The molecular formula is C11H17N3OS. The van der Waals surface area contributed by atoms with Crippen LogP contribution >= 0.6 is 12.2 Å². The summed E-state index contributed by atoms with van der Waals surface area (Å²) < 4.78 is 5.06. The third-order valence-electron chi connectivity index (χ3n) is 2.29. The Morgan fingerprint density at radius 3 is 2.75 bits per heavy atom. The monoisotopic (exact) mass is 239 g/mol. The third kappa shape index (κ3) is 3.66. The van der Waals surface area contributed by atoms with Crippen molar-refractivity contribution in [3.8, 4) is 5.75 Å². The third-order valence-corrected chi connectivity index (χ3v) is 2.49. The van der Waals surface area contributed by atoms with Crippen LogP contribution in [-0.4, -0.2) is 30.2 Å². The number of anilines is 1. The molecule has 1 aromatic rings. The van der Waals surface area contributed by atoms with Gasteiger partial charge in [0.1, 0.15) is 11.6 Å². The van der Waals surface area contributed by atoms with Crippen LogP contribution in [0.1, 0.15) is 13.3 Å². The predicted molar refractivity (Wildman–Crippen MR) is 70.1 cm³/mol. The number of hydrogen-bond acceptors (Lipinski definition) is 4. The summed E-state index contributed by atoms with van der Waals surface area (Å²) in [6.45, 7) is 3.75. The van der Waals surface area contributed by atoms with Gasteiger partial charge in [0.2, 0.25) is 0 Å². The minimum atomic E-state index is 0.534. The van der Waals surface area contributed by atoms with E-state index in [9.17, 15) is 0 Å². The molecule has 0 bridgehead atoms. The van der Waals surface area contributed by atoms with E-state index in [1.165, 1.54) is 0 Å². The van der Waals surface area contributed by atoms with Gasteiger partial charge in [-0.3, -0.25) is 0 Å². The number of ether oxygens (including phenoxy) is 1. The maximum atomic E-state index is 5.48. The van der Waals surface area contributed by atoms with Gasteiger partial charge in [-0.1, -0.05) is 12.2 Å². The van der Waals surface area contributed by atoms with Crippen molar-refractivity contribution in [3.05, 3.63) is 18.3 Å². The zero-order valence-corrected chi connectivity index (χ0v) is 10.5. The first-order valence-corrected chi connectivity index (χ1v) is 5.61. The van der Waals surface area contributed by atoms with E-state index in [1.54, 1.807) is 13.3 Å². The molecule has 0 aromatic carbocycles. The van der Waals surface area contributed by atoms with Crippen LogP contribution in [0.15, 0.2) is 18.3 Å². The van der Waals surface area contributed by atoms with Gasteiger partial charge in [-0.15, -0.1) is 0 Å². The smallest absolute Gasteiger partial charge is 0.137 e. The van der Waals surface area contributed by atoms with Gasteiger partial charge in [-0.2, -0.15) is 0 Å². The molecule has 0 aliphatic carbocycles. The number of methoxy groups -OCH3 is 1. The molecule has 0 amide bonds. The van der Waals surface area contributed by atoms with E-state index in [-0.39, 0.29) is 0 Å². The molecule has 0 atom stereocenters. The summed E-state index contributed by atoms with van der Waals surface area (Å²) in [6, 6.07) is 3.83.